The van der Waals surface area contributed by atoms with Crippen molar-refractivity contribution >= 4 is 29.2 Å². The Morgan fingerprint density at radius 3 is 2.81 bits per heavy atom. The molecule has 3 rings (SSSR count). The summed E-state index contributed by atoms with van der Waals surface area (Å²) >= 11 is 1.43. The number of rotatable bonds is 5. The number of aromatic nitrogens is 2. The molecule has 0 aliphatic carbocycles. The molecule has 0 radical (unpaired) electrons. The minimum absolute atomic E-state index is 0.0315. The standard InChI is InChI=1S/C17H18N4O4S/c1-3-8-26-17-19-16(23)14-11(9-13(22)18-15(14)20(17)2)10-6-4-5-7-12(10)21(24)25/h4-7,11H,3,8-9H2,1-2H3,(H,18,22). The zero-order valence-electron chi connectivity index (χ0n) is 14.4. The third kappa shape index (κ3) is 3.22. The van der Waals surface area contributed by atoms with Crippen LogP contribution in [0.4, 0.5) is 11.5 Å². The molecule has 0 bridgehead atoms. The second kappa shape index (κ2) is 7.28. The van der Waals surface area contributed by atoms with Crippen molar-refractivity contribution in [2.24, 2.45) is 7.05 Å². The highest BCUT2D eigenvalue weighted by atomic mass is 32.2. The number of nitrogens with zero attached hydrogens (tertiary/aromatic N) is 3. The van der Waals surface area contributed by atoms with Crippen LogP contribution in [0, 0.1) is 10.1 Å². The van der Waals surface area contributed by atoms with Crippen molar-refractivity contribution in [3.05, 3.63) is 55.9 Å². The molecular weight excluding hydrogens is 356 g/mol. The van der Waals surface area contributed by atoms with Crippen LogP contribution in [0.1, 0.15) is 36.8 Å². The molecule has 1 N–H and O–H groups in total. The normalized spacial score (nSPS) is 16.1. The number of anilines is 1. The van der Waals surface area contributed by atoms with Crippen molar-refractivity contribution in [3.8, 4) is 0 Å². The highest BCUT2D eigenvalue weighted by molar-refractivity contribution is 7.99. The smallest absolute Gasteiger partial charge is 0.279 e. The SMILES string of the molecule is CCCSc1nc(=O)c2c(n1C)NC(=O)CC2c1ccccc1[N+](=O)[O-]. The third-order valence-electron chi connectivity index (χ3n) is 4.25. The molecule has 9 heteroatoms. The van der Waals surface area contributed by atoms with Gasteiger partial charge in [-0.1, -0.05) is 36.9 Å². The van der Waals surface area contributed by atoms with Crippen LogP contribution in [-0.2, 0) is 11.8 Å². The van der Waals surface area contributed by atoms with Gasteiger partial charge in [-0.3, -0.25) is 19.7 Å². The number of thioether (sulfide) groups is 1. The van der Waals surface area contributed by atoms with Crippen LogP contribution in [0.25, 0.3) is 0 Å². The zero-order chi connectivity index (χ0) is 18.8. The molecule has 1 aromatic carbocycles. The summed E-state index contributed by atoms with van der Waals surface area (Å²) < 4.78 is 1.68. The van der Waals surface area contributed by atoms with Crippen molar-refractivity contribution in [1.82, 2.24) is 9.55 Å². The van der Waals surface area contributed by atoms with Gasteiger partial charge in [0.2, 0.25) is 5.91 Å². The van der Waals surface area contributed by atoms with Crippen LogP contribution in [0.5, 0.6) is 0 Å². The monoisotopic (exact) mass is 374 g/mol. The molecule has 1 aliphatic heterocycles. The number of hydrogen-bond acceptors (Lipinski definition) is 6. The van der Waals surface area contributed by atoms with Gasteiger partial charge in [0, 0.05) is 36.8 Å². The topological polar surface area (TPSA) is 107 Å². The highest BCUT2D eigenvalue weighted by Crippen LogP contribution is 2.39. The summed E-state index contributed by atoms with van der Waals surface area (Å²) in [5.74, 6) is 0.175. The summed E-state index contributed by atoms with van der Waals surface area (Å²) in [5, 5.41) is 14.6. The first-order valence-electron chi connectivity index (χ1n) is 8.21. The molecule has 0 saturated heterocycles. The summed E-state index contributed by atoms with van der Waals surface area (Å²) in [7, 11) is 1.73. The molecule has 136 valence electrons. The number of fused-ring (bicyclic) bond motifs is 1. The van der Waals surface area contributed by atoms with E-state index >= 15 is 0 Å². The lowest BCUT2D eigenvalue weighted by Crippen LogP contribution is -2.33. The van der Waals surface area contributed by atoms with Crippen LogP contribution >= 0.6 is 11.8 Å². The van der Waals surface area contributed by atoms with Crippen molar-refractivity contribution in [1.29, 1.82) is 0 Å². The van der Waals surface area contributed by atoms with Crippen LogP contribution < -0.4 is 10.9 Å². The molecule has 1 atom stereocenters. The fourth-order valence-electron chi connectivity index (χ4n) is 3.07. The second-order valence-corrected chi connectivity index (χ2v) is 7.05. The Hall–Kier alpha value is -2.68. The first-order valence-corrected chi connectivity index (χ1v) is 9.19. The number of nitro benzene ring substituents is 1. The van der Waals surface area contributed by atoms with Gasteiger partial charge < -0.3 is 9.88 Å². The van der Waals surface area contributed by atoms with Gasteiger partial charge >= 0.3 is 0 Å². The number of benzene rings is 1. The fourth-order valence-corrected chi connectivity index (χ4v) is 3.89. The Kier molecular flexibility index (Phi) is 5.08. The number of carbonyl (C=O) groups is 1. The number of amides is 1. The molecule has 2 heterocycles. The minimum Gasteiger partial charge on any atom is -0.312 e. The van der Waals surface area contributed by atoms with E-state index in [2.05, 4.69) is 10.3 Å². The predicted octanol–water partition coefficient (Wildman–Crippen LogP) is 2.66. The van der Waals surface area contributed by atoms with E-state index in [1.807, 2.05) is 6.92 Å². The number of carbonyl (C=O) groups excluding carboxylic acids is 1. The largest absolute Gasteiger partial charge is 0.312 e. The van der Waals surface area contributed by atoms with E-state index in [0.717, 1.165) is 12.2 Å². The van der Waals surface area contributed by atoms with E-state index in [0.29, 0.717) is 22.1 Å². The first-order chi connectivity index (χ1) is 12.4. The van der Waals surface area contributed by atoms with Crippen LogP contribution in [0.3, 0.4) is 0 Å². The van der Waals surface area contributed by atoms with Gasteiger partial charge in [0.1, 0.15) is 5.82 Å². The molecule has 1 aliphatic rings. The molecule has 8 nitrogen and oxygen atoms in total. The van der Waals surface area contributed by atoms with E-state index in [1.54, 1.807) is 29.8 Å². The first kappa shape index (κ1) is 18.1. The molecule has 1 amide bonds. The van der Waals surface area contributed by atoms with Gasteiger partial charge in [0.05, 0.1) is 10.5 Å². The van der Waals surface area contributed by atoms with Crippen LogP contribution in [0.15, 0.2) is 34.2 Å². The summed E-state index contributed by atoms with van der Waals surface area (Å²) in [6.07, 6.45) is 0.888. The van der Waals surface area contributed by atoms with Crippen molar-refractivity contribution < 1.29 is 9.72 Å². The molecule has 26 heavy (non-hydrogen) atoms. The maximum Gasteiger partial charge on any atom is 0.279 e. The molecule has 0 saturated carbocycles. The van der Waals surface area contributed by atoms with Crippen molar-refractivity contribution in [3.63, 3.8) is 0 Å². The summed E-state index contributed by atoms with van der Waals surface area (Å²) in [6, 6.07) is 6.19. The highest BCUT2D eigenvalue weighted by Gasteiger charge is 2.35. The molecule has 0 fully saturated rings. The van der Waals surface area contributed by atoms with Crippen LogP contribution in [0.2, 0.25) is 0 Å². The van der Waals surface area contributed by atoms with E-state index in [1.165, 1.54) is 17.8 Å². The summed E-state index contributed by atoms with van der Waals surface area (Å²) in [4.78, 5) is 40.0. The molecule has 0 spiro atoms. The zero-order valence-corrected chi connectivity index (χ0v) is 15.2. The Balaban J connectivity index is 2.19. The average molecular weight is 374 g/mol. The lowest BCUT2D eigenvalue weighted by molar-refractivity contribution is -0.385. The lowest BCUT2D eigenvalue weighted by Gasteiger charge is -2.27. The van der Waals surface area contributed by atoms with Gasteiger partial charge in [-0.2, -0.15) is 4.98 Å². The predicted molar refractivity (Wildman–Crippen MR) is 98.7 cm³/mol. The number of nitrogens with one attached hydrogen (secondary N) is 1. The quantitative estimate of drug-likeness (QED) is 0.373. The van der Waals surface area contributed by atoms with Crippen molar-refractivity contribution in [2.45, 2.75) is 30.8 Å². The number of para-hydroxylation sites is 1. The summed E-state index contributed by atoms with van der Waals surface area (Å²) in [5.41, 5.74) is 0.0770. The molecular formula is C17H18N4O4S. The van der Waals surface area contributed by atoms with E-state index in [-0.39, 0.29) is 18.0 Å². The Morgan fingerprint density at radius 1 is 1.38 bits per heavy atom. The third-order valence-corrected chi connectivity index (χ3v) is 5.48. The van der Waals surface area contributed by atoms with Crippen LogP contribution in [-0.4, -0.2) is 26.1 Å². The lowest BCUT2D eigenvalue weighted by atomic mass is 9.86. The van der Waals surface area contributed by atoms with Gasteiger partial charge in [-0.05, 0) is 6.42 Å². The van der Waals surface area contributed by atoms with Gasteiger partial charge in [-0.25, -0.2) is 0 Å². The Labute approximate surface area is 153 Å². The van der Waals surface area contributed by atoms with Gasteiger partial charge in [-0.15, -0.1) is 0 Å². The average Bonchev–Trinajstić information content (AvgIpc) is 2.62. The molecule has 1 unspecified atom stereocenters. The van der Waals surface area contributed by atoms with E-state index in [4.69, 9.17) is 0 Å². The minimum atomic E-state index is -0.697. The maximum absolute atomic E-state index is 12.7. The van der Waals surface area contributed by atoms with E-state index in [9.17, 15) is 19.7 Å². The van der Waals surface area contributed by atoms with Gasteiger partial charge in [0.25, 0.3) is 11.2 Å². The van der Waals surface area contributed by atoms with E-state index < -0.39 is 16.4 Å². The molecule has 2 aromatic rings. The second-order valence-electron chi connectivity index (χ2n) is 5.99. The molecule has 1 aromatic heterocycles. The maximum atomic E-state index is 12.7. The van der Waals surface area contributed by atoms with Gasteiger partial charge in [0.15, 0.2) is 5.16 Å². The van der Waals surface area contributed by atoms with Crippen molar-refractivity contribution in [2.75, 3.05) is 11.1 Å². The Bertz CT molecular complexity index is 941. The number of hydrogen-bond donors (Lipinski definition) is 1. The fraction of sp³-hybridized carbons (Fsp3) is 0.353. The number of nitro groups is 1. The summed E-state index contributed by atoms with van der Waals surface area (Å²) in [6.45, 7) is 2.02. The Morgan fingerprint density at radius 2 is 2.12 bits per heavy atom.